The maximum atomic E-state index is 9.89. The Labute approximate surface area is 67.7 Å². The number of hydrogen-bond acceptors (Lipinski definition) is 4. The third kappa shape index (κ3) is 3.08. The minimum atomic E-state index is -0.337. The fourth-order valence-corrected chi connectivity index (χ4v) is 1.31. The molecule has 0 aromatic carbocycles. The third-order valence-corrected chi connectivity index (χ3v) is 1.92. The Morgan fingerprint density at radius 1 is 1.73 bits per heavy atom. The van der Waals surface area contributed by atoms with Crippen LogP contribution in [-0.4, -0.2) is 17.2 Å². The van der Waals surface area contributed by atoms with Gasteiger partial charge in [-0.1, -0.05) is 11.8 Å². The van der Waals surface area contributed by atoms with E-state index in [-0.39, 0.29) is 11.5 Å². The fourth-order valence-electron chi connectivity index (χ4n) is 0.566. The van der Waals surface area contributed by atoms with Crippen LogP contribution < -0.4 is 0 Å². The van der Waals surface area contributed by atoms with Gasteiger partial charge in [-0.15, -0.1) is 0 Å². The van der Waals surface area contributed by atoms with Crippen molar-refractivity contribution in [2.24, 2.45) is 0 Å². The molecule has 1 aromatic heterocycles. The van der Waals surface area contributed by atoms with Crippen LogP contribution in [0.1, 0.15) is 0 Å². The molecule has 5 heteroatoms. The summed E-state index contributed by atoms with van der Waals surface area (Å²) in [6.07, 6.45) is 1.55. The number of nitrogens with zero attached hydrogens (tertiary/aromatic N) is 1. The number of furan rings is 1. The summed E-state index contributed by atoms with van der Waals surface area (Å²) >= 11 is 1.35. The molecule has 11 heavy (non-hydrogen) atoms. The van der Waals surface area contributed by atoms with Crippen LogP contribution in [0.3, 0.4) is 0 Å². The molecule has 1 aromatic rings. The number of hydrogen-bond donors (Lipinski definition) is 0. The summed E-state index contributed by atoms with van der Waals surface area (Å²) in [5.74, 6) is 0.459. The van der Waals surface area contributed by atoms with E-state index in [0.717, 1.165) is 5.09 Å². The molecule has 0 aliphatic rings. The average molecular weight is 173 g/mol. The zero-order chi connectivity index (χ0) is 8.10. The first-order valence-electron chi connectivity index (χ1n) is 3.07. The Hall–Kier alpha value is -0.970. The van der Waals surface area contributed by atoms with Crippen molar-refractivity contribution in [1.29, 1.82) is 0 Å². The molecule has 0 unspecified atom stereocenters. The van der Waals surface area contributed by atoms with Crippen LogP contribution >= 0.6 is 11.8 Å². The molecule has 0 fully saturated rings. The maximum Gasteiger partial charge on any atom is 0.213 e. The van der Waals surface area contributed by atoms with Crippen LogP contribution in [0.5, 0.6) is 0 Å². The van der Waals surface area contributed by atoms with E-state index in [4.69, 9.17) is 4.42 Å². The Morgan fingerprint density at radius 3 is 3.09 bits per heavy atom. The lowest BCUT2D eigenvalue weighted by atomic mass is 10.7. The van der Waals surface area contributed by atoms with Gasteiger partial charge in [0, 0.05) is 4.92 Å². The van der Waals surface area contributed by atoms with Gasteiger partial charge >= 0.3 is 0 Å². The molecular weight excluding hydrogens is 166 g/mol. The zero-order valence-corrected chi connectivity index (χ0v) is 6.54. The van der Waals surface area contributed by atoms with E-state index in [1.807, 2.05) is 0 Å². The zero-order valence-electron chi connectivity index (χ0n) is 5.73. The third-order valence-electron chi connectivity index (χ3n) is 1.01. The van der Waals surface area contributed by atoms with Gasteiger partial charge in [-0.25, -0.2) is 0 Å². The van der Waals surface area contributed by atoms with Crippen molar-refractivity contribution in [2.75, 3.05) is 12.3 Å². The second-order valence-electron chi connectivity index (χ2n) is 1.84. The van der Waals surface area contributed by atoms with Crippen LogP contribution in [0.4, 0.5) is 0 Å². The quantitative estimate of drug-likeness (QED) is 0.394. The van der Waals surface area contributed by atoms with Crippen LogP contribution in [0, 0.1) is 10.1 Å². The van der Waals surface area contributed by atoms with Gasteiger partial charge in [0.1, 0.15) is 0 Å². The topological polar surface area (TPSA) is 56.3 Å². The monoisotopic (exact) mass is 173 g/mol. The van der Waals surface area contributed by atoms with Gasteiger partial charge in [-0.2, -0.15) is 0 Å². The van der Waals surface area contributed by atoms with Crippen molar-refractivity contribution in [3.63, 3.8) is 0 Å². The number of thioether (sulfide) groups is 1. The van der Waals surface area contributed by atoms with Gasteiger partial charge in [0.15, 0.2) is 5.09 Å². The van der Waals surface area contributed by atoms with Gasteiger partial charge in [0.25, 0.3) is 0 Å². The lowest BCUT2D eigenvalue weighted by molar-refractivity contribution is -0.474. The minimum Gasteiger partial charge on any atom is -0.458 e. The molecule has 0 bridgehead atoms. The van der Waals surface area contributed by atoms with Crippen LogP contribution in [0.2, 0.25) is 0 Å². The molecule has 4 nitrogen and oxygen atoms in total. The van der Waals surface area contributed by atoms with Crippen molar-refractivity contribution < 1.29 is 9.34 Å². The van der Waals surface area contributed by atoms with Gasteiger partial charge in [-0.05, 0) is 12.1 Å². The summed E-state index contributed by atoms with van der Waals surface area (Å²) in [6.45, 7) is -0.0225. The van der Waals surface area contributed by atoms with E-state index in [1.165, 1.54) is 11.8 Å². The highest BCUT2D eigenvalue weighted by atomic mass is 32.2. The lowest BCUT2D eigenvalue weighted by Gasteiger charge is -1.90. The molecule has 0 aliphatic carbocycles. The van der Waals surface area contributed by atoms with Gasteiger partial charge in [0.2, 0.25) is 6.54 Å². The van der Waals surface area contributed by atoms with Crippen molar-refractivity contribution >= 4 is 11.8 Å². The molecule has 0 amide bonds. The predicted molar refractivity (Wildman–Crippen MR) is 41.3 cm³/mol. The van der Waals surface area contributed by atoms with Gasteiger partial charge in [0.05, 0.1) is 12.0 Å². The van der Waals surface area contributed by atoms with Crippen LogP contribution in [0.25, 0.3) is 0 Å². The van der Waals surface area contributed by atoms with Crippen LogP contribution in [-0.2, 0) is 0 Å². The molecule has 0 saturated carbocycles. The molecule has 0 spiro atoms. The summed E-state index contributed by atoms with van der Waals surface area (Å²) in [4.78, 5) is 9.55. The Morgan fingerprint density at radius 2 is 2.55 bits per heavy atom. The highest BCUT2D eigenvalue weighted by Gasteiger charge is 1.99. The molecule has 0 N–H and O–H groups in total. The first-order chi connectivity index (χ1) is 5.29. The standard InChI is InChI=1S/C6H7NO3S/c8-7(9)3-5-11-6-2-1-4-10-6/h1-2,4H,3,5H2. The van der Waals surface area contributed by atoms with Crippen LogP contribution in [0.15, 0.2) is 27.9 Å². The molecule has 0 saturated heterocycles. The molecular formula is C6H7NO3S. The summed E-state index contributed by atoms with van der Waals surface area (Å²) in [5, 5.41) is 10.6. The van der Waals surface area contributed by atoms with Crippen molar-refractivity contribution in [3.05, 3.63) is 28.5 Å². The molecule has 0 radical (unpaired) electrons. The smallest absolute Gasteiger partial charge is 0.213 e. The summed E-state index contributed by atoms with van der Waals surface area (Å²) in [5.41, 5.74) is 0. The van der Waals surface area contributed by atoms with E-state index in [9.17, 15) is 10.1 Å². The predicted octanol–water partition coefficient (Wildman–Crippen LogP) is 1.65. The van der Waals surface area contributed by atoms with Crippen molar-refractivity contribution in [3.8, 4) is 0 Å². The molecule has 0 atom stereocenters. The second-order valence-corrected chi connectivity index (χ2v) is 2.94. The SMILES string of the molecule is O=[N+]([O-])CCSc1ccco1. The largest absolute Gasteiger partial charge is 0.458 e. The van der Waals surface area contributed by atoms with E-state index < -0.39 is 0 Å². The molecule has 0 aliphatic heterocycles. The summed E-state index contributed by atoms with van der Waals surface area (Å²) < 4.78 is 4.96. The fraction of sp³-hybridized carbons (Fsp3) is 0.333. The minimum absolute atomic E-state index is 0.0225. The number of rotatable bonds is 4. The Balaban J connectivity index is 2.19. The van der Waals surface area contributed by atoms with E-state index in [1.54, 1.807) is 18.4 Å². The van der Waals surface area contributed by atoms with E-state index >= 15 is 0 Å². The Bertz CT molecular complexity index is 222. The maximum absolute atomic E-state index is 9.89. The second kappa shape index (κ2) is 4.02. The van der Waals surface area contributed by atoms with E-state index in [2.05, 4.69) is 0 Å². The lowest BCUT2D eigenvalue weighted by Crippen LogP contribution is -2.02. The molecule has 1 heterocycles. The van der Waals surface area contributed by atoms with Gasteiger partial charge in [-0.3, -0.25) is 10.1 Å². The normalized spacial score (nSPS) is 9.82. The molecule has 1 rings (SSSR count). The Kier molecular flexibility index (Phi) is 2.97. The summed E-state index contributed by atoms with van der Waals surface area (Å²) in [7, 11) is 0. The van der Waals surface area contributed by atoms with E-state index in [0.29, 0.717) is 5.75 Å². The summed E-state index contributed by atoms with van der Waals surface area (Å²) in [6, 6.07) is 3.54. The number of nitro groups is 1. The average Bonchev–Trinajstić information content (AvgIpc) is 2.39. The first kappa shape index (κ1) is 8.13. The van der Waals surface area contributed by atoms with Gasteiger partial charge < -0.3 is 4.42 Å². The highest BCUT2D eigenvalue weighted by Crippen LogP contribution is 2.16. The highest BCUT2D eigenvalue weighted by molar-refractivity contribution is 7.99. The van der Waals surface area contributed by atoms with Crippen molar-refractivity contribution in [2.45, 2.75) is 5.09 Å². The first-order valence-corrected chi connectivity index (χ1v) is 4.05. The molecule has 60 valence electrons. The van der Waals surface area contributed by atoms with Crippen molar-refractivity contribution in [1.82, 2.24) is 0 Å².